The zero-order valence-electron chi connectivity index (χ0n) is 26.4. The molecule has 1 aromatic heterocycles. The van der Waals surface area contributed by atoms with Crippen molar-refractivity contribution in [3.8, 4) is 0 Å². The molecule has 1 aromatic rings. The Labute approximate surface area is 238 Å². The molecule has 0 bridgehead atoms. The fourth-order valence-corrected chi connectivity index (χ4v) is 18.9. The molecule has 0 unspecified atom stereocenters. The Bertz CT molecular complexity index is 991. The maximum absolute atomic E-state index is 12.6. The minimum atomic E-state index is -2.19. The third-order valence-corrected chi connectivity index (χ3v) is 21.6. The summed E-state index contributed by atoms with van der Waals surface area (Å²) in [7, 11) is -4.30. The van der Waals surface area contributed by atoms with E-state index >= 15 is 0 Å². The maximum atomic E-state index is 12.6. The first-order chi connectivity index (χ1) is 18.1. The van der Waals surface area contributed by atoms with E-state index in [9.17, 15) is 4.79 Å². The number of hydrogen-bond donors (Lipinski definition) is 1. The van der Waals surface area contributed by atoms with Gasteiger partial charge in [-0.25, -0.2) is 9.98 Å². The van der Waals surface area contributed by atoms with Crippen molar-refractivity contribution in [2.24, 2.45) is 10.7 Å². The van der Waals surface area contributed by atoms with Crippen molar-refractivity contribution in [3.05, 3.63) is 12.0 Å². The molecule has 1 saturated heterocycles. The van der Waals surface area contributed by atoms with E-state index in [4.69, 9.17) is 19.3 Å². The van der Waals surface area contributed by atoms with E-state index in [0.29, 0.717) is 63.6 Å². The molecule has 0 amide bonds. The van der Waals surface area contributed by atoms with Crippen LogP contribution in [0.2, 0.25) is 33.2 Å². The molecule has 0 spiro atoms. The number of carbonyl (C=O) groups excluding carboxylic acids is 1. The first-order valence-electron chi connectivity index (χ1n) is 15.0. The second-order valence-electron chi connectivity index (χ2n) is 13.5. The summed E-state index contributed by atoms with van der Waals surface area (Å²) >= 11 is 0. The zero-order chi connectivity index (χ0) is 29.4. The molecule has 2 aliphatic heterocycles. The number of carbonyl (C=O) groups is 1. The third kappa shape index (κ3) is 5.87. The lowest BCUT2D eigenvalue weighted by molar-refractivity contribution is -0.0401. The summed E-state index contributed by atoms with van der Waals surface area (Å²) in [4.78, 5) is 21.5. The first kappa shape index (κ1) is 32.2. The number of amidine groups is 1. The minimum absolute atomic E-state index is 0.102. The van der Waals surface area contributed by atoms with Crippen LogP contribution in [0.3, 0.4) is 0 Å². The fourth-order valence-electron chi connectivity index (χ4n) is 7.84. The molecule has 10 heteroatoms. The average Bonchev–Trinajstić information content (AvgIpc) is 3.40. The lowest BCUT2D eigenvalue weighted by Gasteiger charge is -2.45. The Morgan fingerprint density at radius 2 is 1.44 bits per heavy atom. The van der Waals surface area contributed by atoms with Gasteiger partial charge in [-0.3, -0.25) is 9.36 Å². The Hall–Kier alpha value is -1.34. The molecule has 222 valence electrons. The van der Waals surface area contributed by atoms with E-state index in [1.165, 1.54) is 0 Å². The van der Waals surface area contributed by atoms with E-state index in [1.54, 1.807) is 6.33 Å². The topological polar surface area (TPSA) is 101 Å². The van der Waals surface area contributed by atoms with Gasteiger partial charge in [0, 0.05) is 6.42 Å². The Balaban J connectivity index is 2.00. The minimum Gasteiger partial charge on any atom is -0.413 e. The quantitative estimate of drug-likeness (QED) is 0.258. The van der Waals surface area contributed by atoms with Crippen LogP contribution in [0.4, 0.5) is 5.82 Å². The number of Topliss-reactive ketones (excluding diaryl/α,β-unsaturated/α-hetero) is 1. The van der Waals surface area contributed by atoms with Gasteiger partial charge in [-0.05, 0) is 33.2 Å². The van der Waals surface area contributed by atoms with Gasteiger partial charge in [-0.1, -0.05) is 83.1 Å². The van der Waals surface area contributed by atoms with Crippen LogP contribution in [0.5, 0.6) is 0 Å². The molecular formula is C29H54N4O4Si2. The van der Waals surface area contributed by atoms with Crippen molar-refractivity contribution in [2.75, 3.05) is 6.61 Å². The lowest BCUT2D eigenvalue weighted by atomic mass is 10.1. The zero-order valence-corrected chi connectivity index (χ0v) is 28.4. The van der Waals surface area contributed by atoms with Crippen LogP contribution in [0.1, 0.15) is 113 Å². The van der Waals surface area contributed by atoms with Crippen molar-refractivity contribution in [3.63, 3.8) is 0 Å². The van der Waals surface area contributed by atoms with E-state index in [0.717, 1.165) is 0 Å². The van der Waals surface area contributed by atoms with Crippen molar-refractivity contribution in [1.29, 1.82) is 0 Å². The number of aromatic nitrogens is 2. The largest absolute Gasteiger partial charge is 0.413 e. The Morgan fingerprint density at radius 1 is 0.923 bits per heavy atom. The summed E-state index contributed by atoms with van der Waals surface area (Å²) in [6.07, 6.45) is 1.73. The van der Waals surface area contributed by atoms with Gasteiger partial charge in [0.05, 0.1) is 25.5 Å². The summed E-state index contributed by atoms with van der Waals surface area (Å²) < 4.78 is 23.0. The molecule has 3 atom stereocenters. The highest BCUT2D eigenvalue weighted by molar-refractivity contribution is 6.78. The summed E-state index contributed by atoms with van der Waals surface area (Å²) in [5.74, 6) is 0.700. The molecular weight excluding hydrogens is 525 g/mol. The first-order valence-corrected chi connectivity index (χ1v) is 19.3. The molecule has 0 saturated carbocycles. The molecule has 39 heavy (non-hydrogen) atoms. The second kappa shape index (κ2) is 12.3. The normalized spacial score (nSPS) is 22.8. The summed E-state index contributed by atoms with van der Waals surface area (Å²) in [6, 6.07) is 0. The Morgan fingerprint density at radius 3 is 1.92 bits per heavy atom. The number of ether oxygens (including phenoxy) is 1. The highest BCUT2D eigenvalue weighted by Crippen LogP contribution is 2.47. The van der Waals surface area contributed by atoms with Crippen molar-refractivity contribution < 1.29 is 18.4 Å². The van der Waals surface area contributed by atoms with Gasteiger partial charge in [-0.15, -0.1) is 0 Å². The predicted octanol–water partition coefficient (Wildman–Crippen LogP) is 7.50. The third-order valence-electron chi connectivity index (χ3n) is 9.38. The van der Waals surface area contributed by atoms with E-state index in [1.807, 2.05) is 4.57 Å². The summed E-state index contributed by atoms with van der Waals surface area (Å²) in [5, 5.41) is 0. The standard InChI is InChI=1S/C29H54N4O4Si2/c1-17(2)38(18(3)4,19(5)6)35-15-25-24(37-39(20(7)8,21(9)10)22(11)12)14-27(36-25)33-16-31-28-23(34)13-26(30)32-29(28)33/h16-22,24-25,27H,13-15H2,1-12H3,(H2,30,32)/t24-,25+,27+/m0/s1. The monoisotopic (exact) mass is 578 g/mol. The van der Waals surface area contributed by atoms with E-state index in [2.05, 4.69) is 93.1 Å². The molecule has 0 radical (unpaired) electrons. The molecule has 0 aromatic carbocycles. The lowest BCUT2D eigenvalue weighted by Crippen LogP contribution is -2.53. The van der Waals surface area contributed by atoms with Crippen LogP contribution < -0.4 is 5.73 Å². The predicted molar refractivity (Wildman–Crippen MR) is 164 cm³/mol. The molecule has 3 rings (SSSR count). The fraction of sp³-hybridized carbons (Fsp3) is 0.828. The van der Waals surface area contributed by atoms with Gasteiger partial charge in [0.1, 0.15) is 18.2 Å². The molecule has 1 fully saturated rings. The molecule has 3 heterocycles. The SMILES string of the molecule is CC(C)[Si](OC[C@H]1O[C@@H](n2cnc3c2N=C(N)CC3=O)C[C@@H]1O[Si](C(C)C)(C(C)C)C(C)C)(C(C)C)C(C)C. The number of aliphatic imine (C=N–C) groups is 1. The van der Waals surface area contributed by atoms with Gasteiger partial charge >= 0.3 is 0 Å². The summed E-state index contributed by atoms with van der Waals surface area (Å²) in [5.41, 5.74) is 9.17. The van der Waals surface area contributed by atoms with Crippen LogP contribution in [0, 0.1) is 0 Å². The number of ketones is 1. The van der Waals surface area contributed by atoms with Gasteiger partial charge < -0.3 is 19.3 Å². The Kier molecular flexibility index (Phi) is 10.1. The number of hydrogen-bond acceptors (Lipinski definition) is 7. The molecule has 2 N–H and O–H groups in total. The number of nitrogens with zero attached hydrogens (tertiary/aromatic N) is 3. The van der Waals surface area contributed by atoms with Gasteiger partial charge in [-0.2, -0.15) is 0 Å². The molecule has 2 aliphatic rings. The van der Waals surface area contributed by atoms with Crippen LogP contribution in [-0.4, -0.2) is 56.6 Å². The summed E-state index contributed by atoms with van der Waals surface area (Å²) in [6.45, 7) is 28.2. The number of fused-ring (bicyclic) bond motifs is 1. The van der Waals surface area contributed by atoms with Gasteiger partial charge in [0.25, 0.3) is 0 Å². The smallest absolute Gasteiger partial charge is 0.200 e. The van der Waals surface area contributed by atoms with Gasteiger partial charge in [0.2, 0.25) is 8.32 Å². The molecule has 0 aliphatic carbocycles. The highest BCUT2D eigenvalue weighted by Gasteiger charge is 2.52. The van der Waals surface area contributed by atoms with Crippen LogP contribution >= 0.6 is 0 Å². The number of nitrogens with two attached hydrogens (primary N) is 1. The van der Waals surface area contributed by atoms with Crippen molar-refractivity contribution in [2.45, 2.75) is 148 Å². The molecule has 8 nitrogen and oxygen atoms in total. The van der Waals surface area contributed by atoms with Crippen LogP contribution in [0.15, 0.2) is 11.3 Å². The van der Waals surface area contributed by atoms with Crippen molar-refractivity contribution in [1.82, 2.24) is 9.55 Å². The number of rotatable bonds is 12. The van der Waals surface area contributed by atoms with Crippen molar-refractivity contribution >= 4 is 34.1 Å². The van der Waals surface area contributed by atoms with E-state index < -0.39 is 16.6 Å². The average molecular weight is 579 g/mol. The highest BCUT2D eigenvalue weighted by atomic mass is 28.4. The van der Waals surface area contributed by atoms with Gasteiger partial charge in [0.15, 0.2) is 25.6 Å². The number of imidazole rings is 1. The van der Waals surface area contributed by atoms with Crippen LogP contribution in [-0.2, 0) is 13.6 Å². The maximum Gasteiger partial charge on any atom is 0.200 e. The van der Waals surface area contributed by atoms with E-state index in [-0.39, 0.29) is 30.6 Å². The second-order valence-corrected chi connectivity index (χ2v) is 24.4. The van der Waals surface area contributed by atoms with Crippen LogP contribution in [0.25, 0.3) is 0 Å².